The minimum atomic E-state index is -0.895. The standard InChI is InChI=1S/C29H34N2O5.ClH/c32-29(33)21-9-10-22-24(19-21)31-14-18-36-28-23(27(31)26(22)20-5-2-1-3-6-20)7-4-8-25(28)35-17-13-30-11-15-34-16-12-30;/h4,7-10,19-20H,1-3,5-6,11-18H2,(H,32,33);1H. The van der Waals surface area contributed by atoms with Gasteiger partial charge >= 0.3 is 5.97 Å². The van der Waals surface area contributed by atoms with E-state index in [2.05, 4.69) is 15.5 Å². The fourth-order valence-electron chi connectivity index (χ4n) is 6.15. The Morgan fingerprint density at radius 2 is 1.84 bits per heavy atom. The number of carbonyl (C=O) groups is 1. The number of aromatic carboxylic acids is 1. The smallest absolute Gasteiger partial charge is 0.335 e. The van der Waals surface area contributed by atoms with Crippen LogP contribution in [-0.4, -0.2) is 66.6 Å². The van der Waals surface area contributed by atoms with Crippen molar-refractivity contribution in [2.75, 3.05) is 46.1 Å². The van der Waals surface area contributed by atoms with E-state index in [-0.39, 0.29) is 12.4 Å². The van der Waals surface area contributed by atoms with Gasteiger partial charge in [0, 0.05) is 36.1 Å². The summed E-state index contributed by atoms with van der Waals surface area (Å²) in [6.45, 7) is 6.08. The lowest BCUT2D eigenvalue weighted by molar-refractivity contribution is 0.0321. The van der Waals surface area contributed by atoms with Crippen molar-refractivity contribution in [2.45, 2.75) is 44.6 Å². The average molecular weight is 527 g/mol. The van der Waals surface area contributed by atoms with Gasteiger partial charge < -0.3 is 23.9 Å². The molecule has 8 heteroatoms. The summed E-state index contributed by atoms with van der Waals surface area (Å²) >= 11 is 0. The second kappa shape index (κ2) is 11.3. The van der Waals surface area contributed by atoms with Gasteiger partial charge in [-0.1, -0.05) is 31.4 Å². The van der Waals surface area contributed by atoms with Crippen LogP contribution in [0, 0.1) is 0 Å². The summed E-state index contributed by atoms with van der Waals surface area (Å²) < 4.78 is 20.4. The third-order valence-electron chi connectivity index (χ3n) is 7.93. The molecule has 3 heterocycles. The van der Waals surface area contributed by atoms with E-state index in [1.807, 2.05) is 24.3 Å². The van der Waals surface area contributed by atoms with E-state index >= 15 is 0 Å². The van der Waals surface area contributed by atoms with Crippen LogP contribution in [0.15, 0.2) is 36.4 Å². The van der Waals surface area contributed by atoms with E-state index in [1.54, 1.807) is 6.07 Å². The van der Waals surface area contributed by atoms with E-state index in [9.17, 15) is 9.90 Å². The summed E-state index contributed by atoms with van der Waals surface area (Å²) in [6, 6.07) is 11.8. The van der Waals surface area contributed by atoms with Gasteiger partial charge in [-0.25, -0.2) is 4.79 Å². The van der Waals surface area contributed by atoms with Crippen molar-refractivity contribution in [3.05, 3.63) is 47.5 Å². The molecule has 3 aliphatic rings. The summed E-state index contributed by atoms with van der Waals surface area (Å²) in [4.78, 5) is 14.2. The fraction of sp³-hybridized carbons (Fsp3) is 0.483. The number of hydrogen-bond acceptors (Lipinski definition) is 5. The first-order valence-electron chi connectivity index (χ1n) is 13.3. The molecule has 1 aromatic heterocycles. The quantitative estimate of drug-likeness (QED) is 0.452. The lowest BCUT2D eigenvalue weighted by atomic mass is 9.81. The van der Waals surface area contributed by atoms with Gasteiger partial charge in [0.15, 0.2) is 11.5 Å². The molecular weight excluding hydrogens is 492 g/mol. The highest BCUT2D eigenvalue weighted by Crippen LogP contribution is 2.49. The molecule has 1 aliphatic carbocycles. The molecule has 0 atom stereocenters. The van der Waals surface area contributed by atoms with E-state index in [0.29, 0.717) is 31.2 Å². The van der Waals surface area contributed by atoms with Crippen LogP contribution in [0.1, 0.15) is 53.9 Å². The Bertz CT molecular complexity index is 1260. The van der Waals surface area contributed by atoms with Gasteiger partial charge in [-0.3, -0.25) is 4.90 Å². The molecule has 2 fully saturated rings. The molecule has 2 aliphatic heterocycles. The number of halogens is 1. The van der Waals surface area contributed by atoms with Crippen LogP contribution >= 0.6 is 12.4 Å². The molecule has 1 saturated carbocycles. The SMILES string of the molecule is Cl.O=C(O)c1ccc2c(C3CCCCC3)c3n(c2c1)CCOc1c(OCCN2CCOCC2)cccc1-3. The van der Waals surface area contributed by atoms with Gasteiger partial charge in [0.05, 0.1) is 31.0 Å². The molecule has 0 unspecified atom stereocenters. The average Bonchev–Trinajstić information content (AvgIpc) is 3.10. The molecule has 3 aromatic rings. The van der Waals surface area contributed by atoms with Gasteiger partial charge in [0.1, 0.15) is 13.2 Å². The number of hydrogen-bond donors (Lipinski definition) is 1. The first-order chi connectivity index (χ1) is 17.7. The molecule has 0 radical (unpaired) electrons. The first-order valence-corrected chi connectivity index (χ1v) is 13.3. The van der Waals surface area contributed by atoms with Gasteiger partial charge in [-0.15, -0.1) is 12.4 Å². The third-order valence-corrected chi connectivity index (χ3v) is 7.93. The van der Waals surface area contributed by atoms with Crippen molar-refractivity contribution in [2.24, 2.45) is 0 Å². The lowest BCUT2D eigenvalue weighted by Gasteiger charge is -2.26. The van der Waals surface area contributed by atoms with Crippen LogP contribution in [-0.2, 0) is 11.3 Å². The summed E-state index contributed by atoms with van der Waals surface area (Å²) in [7, 11) is 0. The van der Waals surface area contributed by atoms with Crippen LogP contribution < -0.4 is 9.47 Å². The topological polar surface area (TPSA) is 73.2 Å². The largest absolute Gasteiger partial charge is 0.488 e. The van der Waals surface area contributed by atoms with Crippen LogP contribution in [0.4, 0.5) is 0 Å². The van der Waals surface area contributed by atoms with Crippen LogP contribution in [0.2, 0.25) is 0 Å². The minimum absolute atomic E-state index is 0. The zero-order chi connectivity index (χ0) is 24.5. The first kappa shape index (κ1) is 25.9. The summed E-state index contributed by atoms with van der Waals surface area (Å²) in [5.74, 6) is 1.15. The maximum atomic E-state index is 11.8. The van der Waals surface area contributed by atoms with Crippen LogP contribution in [0.25, 0.3) is 22.2 Å². The Balaban J connectivity index is 0.00000280. The molecule has 1 saturated heterocycles. The number of para-hydroxylation sites is 1. The molecule has 37 heavy (non-hydrogen) atoms. The molecule has 0 bridgehead atoms. The Kier molecular flexibility index (Phi) is 7.93. The highest BCUT2D eigenvalue weighted by molar-refractivity contribution is 5.99. The zero-order valence-corrected chi connectivity index (χ0v) is 21.9. The summed E-state index contributed by atoms with van der Waals surface area (Å²) in [5.41, 5.74) is 4.87. The number of benzene rings is 2. The van der Waals surface area contributed by atoms with E-state index in [4.69, 9.17) is 14.2 Å². The van der Waals surface area contributed by atoms with Crippen molar-refractivity contribution in [1.29, 1.82) is 0 Å². The summed E-state index contributed by atoms with van der Waals surface area (Å²) in [5, 5.41) is 10.8. The summed E-state index contributed by atoms with van der Waals surface area (Å²) in [6.07, 6.45) is 6.09. The number of ether oxygens (including phenoxy) is 3. The Labute approximate surface area is 223 Å². The fourth-order valence-corrected chi connectivity index (χ4v) is 6.15. The van der Waals surface area contributed by atoms with E-state index < -0.39 is 5.97 Å². The molecule has 1 N–H and O–H groups in total. The Morgan fingerprint density at radius 3 is 2.62 bits per heavy atom. The predicted molar refractivity (Wildman–Crippen MR) is 146 cm³/mol. The molecule has 6 rings (SSSR count). The van der Waals surface area contributed by atoms with Crippen LogP contribution in [0.3, 0.4) is 0 Å². The van der Waals surface area contributed by atoms with Crippen molar-refractivity contribution in [3.8, 4) is 22.8 Å². The van der Waals surface area contributed by atoms with Crippen molar-refractivity contribution in [3.63, 3.8) is 0 Å². The molecule has 0 amide bonds. The number of nitrogens with zero attached hydrogens (tertiary/aromatic N) is 2. The van der Waals surface area contributed by atoms with E-state index in [0.717, 1.165) is 55.4 Å². The third kappa shape index (κ3) is 5.05. The maximum absolute atomic E-state index is 11.8. The Hall–Kier alpha value is -2.74. The van der Waals surface area contributed by atoms with Crippen LogP contribution in [0.5, 0.6) is 11.5 Å². The monoisotopic (exact) mass is 526 g/mol. The molecule has 0 spiro atoms. The lowest BCUT2D eigenvalue weighted by Crippen LogP contribution is -2.38. The maximum Gasteiger partial charge on any atom is 0.335 e. The number of morpholine rings is 1. The van der Waals surface area contributed by atoms with Gasteiger partial charge in [-0.2, -0.15) is 0 Å². The second-order valence-electron chi connectivity index (χ2n) is 10.1. The number of fused-ring (bicyclic) bond motifs is 5. The van der Waals surface area contributed by atoms with Gasteiger partial charge in [-0.05, 0) is 48.6 Å². The number of aromatic nitrogens is 1. The molecular formula is C29H35ClN2O5. The van der Waals surface area contributed by atoms with Crippen molar-refractivity contribution in [1.82, 2.24) is 9.47 Å². The zero-order valence-electron chi connectivity index (χ0n) is 21.1. The minimum Gasteiger partial charge on any atom is -0.488 e. The highest BCUT2D eigenvalue weighted by atomic mass is 35.5. The predicted octanol–water partition coefficient (Wildman–Crippen LogP) is 5.58. The van der Waals surface area contributed by atoms with E-state index in [1.165, 1.54) is 48.7 Å². The highest BCUT2D eigenvalue weighted by Gasteiger charge is 2.30. The molecule has 2 aromatic carbocycles. The van der Waals surface area contributed by atoms with Gasteiger partial charge in [0.2, 0.25) is 0 Å². The number of carboxylic acids is 1. The Morgan fingerprint density at radius 1 is 1.03 bits per heavy atom. The molecule has 198 valence electrons. The molecule has 7 nitrogen and oxygen atoms in total. The second-order valence-corrected chi connectivity index (χ2v) is 10.1. The van der Waals surface area contributed by atoms with Crippen molar-refractivity contribution < 1.29 is 24.1 Å². The normalized spacial score (nSPS) is 18.3. The van der Waals surface area contributed by atoms with Gasteiger partial charge in [0.25, 0.3) is 0 Å². The number of carboxylic acid groups (broad SMARTS) is 1. The number of rotatable bonds is 6. The van der Waals surface area contributed by atoms with Crippen molar-refractivity contribution >= 4 is 29.3 Å².